The molecule has 0 saturated carbocycles. The number of carbonyl (C=O) groups is 1. The van der Waals surface area contributed by atoms with Gasteiger partial charge in [-0.2, -0.15) is 0 Å². The highest BCUT2D eigenvalue weighted by molar-refractivity contribution is 5.86. The third kappa shape index (κ3) is 7.23. The largest absolute Gasteiger partial charge is 0.462 e. The first kappa shape index (κ1) is 14.9. The van der Waals surface area contributed by atoms with E-state index in [0.717, 1.165) is 5.57 Å². The SMILES string of the molecule is C=C(C)COCC(C)(C)COC(=O)C(=C)C. The Morgan fingerprint density at radius 3 is 2.19 bits per heavy atom. The first-order valence-corrected chi connectivity index (χ1v) is 5.29. The number of esters is 1. The zero-order chi connectivity index (χ0) is 12.8. The number of ether oxygens (including phenoxy) is 2. The molecule has 0 fully saturated rings. The van der Waals surface area contributed by atoms with Crippen LogP contribution in [0.4, 0.5) is 0 Å². The van der Waals surface area contributed by atoms with E-state index in [2.05, 4.69) is 13.2 Å². The number of hydrogen-bond donors (Lipinski definition) is 0. The average molecular weight is 226 g/mol. The van der Waals surface area contributed by atoms with Crippen LogP contribution < -0.4 is 0 Å². The van der Waals surface area contributed by atoms with Gasteiger partial charge in [0.1, 0.15) is 0 Å². The molecule has 0 aromatic heterocycles. The summed E-state index contributed by atoms with van der Waals surface area (Å²) in [5.41, 5.74) is 1.20. The minimum Gasteiger partial charge on any atom is -0.462 e. The lowest BCUT2D eigenvalue weighted by molar-refractivity contribution is -0.143. The predicted molar refractivity (Wildman–Crippen MR) is 65.2 cm³/mol. The second kappa shape index (κ2) is 6.48. The maximum atomic E-state index is 11.2. The molecule has 0 atom stereocenters. The standard InChI is InChI=1S/C13H22O3/c1-10(2)7-15-8-13(5,6)9-16-12(14)11(3)4/h1,3,7-9H2,2,4-6H3. The van der Waals surface area contributed by atoms with Gasteiger partial charge < -0.3 is 9.47 Å². The zero-order valence-electron chi connectivity index (χ0n) is 10.8. The zero-order valence-corrected chi connectivity index (χ0v) is 10.8. The van der Waals surface area contributed by atoms with Crippen molar-refractivity contribution in [2.24, 2.45) is 5.41 Å². The van der Waals surface area contributed by atoms with Gasteiger partial charge in [-0.15, -0.1) is 0 Å². The summed E-state index contributed by atoms with van der Waals surface area (Å²) in [4.78, 5) is 11.2. The lowest BCUT2D eigenvalue weighted by Crippen LogP contribution is -2.27. The van der Waals surface area contributed by atoms with Crippen LogP contribution in [0.5, 0.6) is 0 Å². The summed E-state index contributed by atoms with van der Waals surface area (Å²) >= 11 is 0. The summed E-state index contributed by atoms with van der Waals surface area (Å²) < 4.78 is 10.5. The molecule has 0 spiro atoms. The third-order valence-electron chi connectivity index (χ3n) is 1.78. The van der Waals surface area contributed by atoms with Crippen molar-refractivity contribution in [2.75, 3.05) is 19.8 Å². The van der Waals surface area contributed by atoms with Gasteiger partial charge in [0.25, 0.3) is 0 Å². The normalized spacial score (nSPS) is 11.0. The molecule has 0 aliphatic heterocycles. The van der Waals surface area contributed by atoms with Crippen molar-refractivity contribution in [1.82, 2.24) is 0 Å². The maximum absolute atomic E-state index is 11.2. The molecule has 0 aromatic rings. The van der Waals surface area contributed by atoms with Gasteiger partial charge in [-0.1, -0.05) is 32.6 Å². The van der Waals surface area contributed by atoms with E-state index in [1.165, 1.54) is 0 Å². The lowest BCUT2D eigenvalue weighted by atomic mass is 9.96. The molecule has 0 aliphatic rings. The van der Waals surface area contributed by atoms with Crippen molar-refractivity contribution >= 4 is 5.97 Å². The fourth-order valence-electron chi connectivity index (χ4n) is 0.927. The fraction of sp³-hybridized carbons (Fsp3) is 0.615. The van der Waals surface area contributed by atoms with Crippen LogP contribution in [-0.2, 0) is 14.3 Å². The van der Waals surface area contributed by atoms with E-state index < -0.39 is 0 Å². The molecule has 92 valence electrons. The molecule has 0 aliphatic carbocycles. The number of rotatable bonds is 7. The quantitative estimate of drug-likeness (QED) is 0.380. The molecule has 3 heteroatoms. The molecule has 3 nitrogen and oxygen atoms in total. The molecule has 0 bridgehead atoms. The summed E-state index contributed by atoms with van der Waals surface area (Å²) in [6.07, 6.45) is 0. The van der Waals surface area contributed by atoms with Crippen LogP contribution >= 0.6 is 0 Å². The van der Waals surface area contributed by atoms with Gasteiger partial charge >= 0.3 is 5.97 Å². The lowest BCUT2D eigenvalue weighted by Gasteiger charge is -2.24. The topological polar surface area (TPSA) is 35.5 Å². The smallest absolute Gasteiger partial charge is 0.333 e. The molecule has 0 rings (SSSR count). The summed E-state index contributed by atoms with van der Waals surface area (Å²) in [6.45, 7) is 16.2. The van der Waals surface area contributed by atoms with Crippen LogP contribution in [0.3, 0.4) is 0 Å². The van der Waals surface area contributed by atoms with E-state index in [9.17, 15) is 4.79 Å². The van der Waals surface area contributed by atoms with Gasteiger partial charge in [-0.05, 0) is 13.8 Å². The second-order valence-electron chi connectivity index (χ2n) is 4.97. The first-order valence-electron chi connectivity index (χ1n) is 5.29. The van der Waals surface area contributed by atoms with E-state index in [4.69, 9.17) is 9.47 Å². The Morgan fingerprint density at radius 2 is 1.75 bits per heavy atom. The van der Waals surface area contributed by atoms with Crippen molar-refractivity contribution in [3.8, 4) is 0 Å². The minimum absolute atomic E-state index is 0.194. The van der Waals surface area contributed by atoms with Crippen molar-refractivity contribution in [3.05, 3.63) is 24.3 Å². The van der Waals surface area contributed by atoms with E-state index in [1.807, 2.05) is 20.8 Å². The van der Waals surface area contributed by atoms with E-state index in [-0.39, 0.29) is 11.4 Å². The van der Waals surface area contributed by atoms with E-state index in [1.54, 1.807) is 6.92 Å². The molecule has 0 unspecified atom stereocenters. The summed E-state index contributed by atoms with van der Waals surface area (Å²) in [6, 6.07) is 0. The van der Waals surface area contributed by atoms with Gasteiger partial charge in [-0.25, -0.2) is 4.79 Å². The molecule has 0 radical (unpaired) electrons. The Balaban J connectivity index is 3.90. The second-order valence-corrected chi connectivity index (χ2v) is 4.97. The van der Waals surface area contributed by atoms with Gasteiger partial charge in [-0.3, -0.25) is 0 Å². The highest BCUT2D eigenvalue weighted by atomic mass is 16.5. The highest BCUT2D eigenvalue weighted by Crippen LogP contribution is 2.16. The van der Waals surface area contributed by atoms with Gasteiger partial charge in [0.05, 0.1) is 19.8 Å². The Kier molecular flexibility index (Phi) is 6.04. The minimum atomic E-state index is -0.354. The Morgan fingerprint density at radius 1 is 1.19 bits per heavy atom. The monoisotopic (exact) mass is 226 g/mol. The van der Waals surface area contributed by atoms with Crippen LogP contribution in [0.2, 0.25) is 0 Å². The number of carbonyl (C=O) groups excluding carboxylic acids is 1. The van der Waals surface area contributed by atoms with Crippen LogP contribution in [0.25, 0.3) is 0 Å². The van der Waals surface area contributed by atoms with E-state index in [0.29, 0.717) is 25.4 Å². The average Bonchev–Trinajstić information content (AvgIpc) is 2.13. The third-order valence-corrected chi connectivity index (χ3v) is 1.78. The van der Waals surface area contributed by atoms with Crippen LogP contribution in [0, 0.1) is 5.41 Å². The van der Waals surface area contributed by atoms with Gasteiger partial charge in [0, 0.05) is 11.0 Å². The van der Waals surface area contributed by atoms with Crippen molar-refractivity contribution in [2.45, 2.75) is 27.7 Å². The summed E-state index contributed by atoms with van der Waals surface area (Å²) in [5.74, 6) is -0.354. The first-order chi connectivity index (χ1) is 7.24. The Bertz CT molecular complexity index is 277. The molecule has 0 N–H and O–H groups in total. The molecular formula is C13H22O3. The Labute approximate surface area is 98.1 Å². The highest BCUT2D eigenvalue weighted by Gasteiger charge is 2.20. The maximum Gasteiger partial charge on any atom is 0.333 e. The van der Waals surface area contributed by atoms with Crippen LogP contribution in [0.15, 0.2) is 24.3 Å². The van der Waals surface area contributed by atoms with Gasteiger partial charge in [0.2, 0.25) is 0 Å². The van der Waals surface area contributed by atoms with Crippen molar-refractivity contribution < 1.29 is 14.3 Å². The van der Waals surface area contributed by atoms with Crippen LogP contribution in [-0.4, -0.2) is 25.8 Å². The molecule has 0 heterocycles. The van der Waals surface area contributed by atoms with E-state index >= 15 is 0 Å². The Hall–Kier alpha value is -1.09. The predicted octanol–water partition coefficient (Wildman–Crippen LogP) is 2.72. The summed E-state index contributed by atoms with van der Waals surface area (Å²) in [5, 5.41) is 0. The van der Waals surface area contributed by atoms with Crippen molar-refractivity contribution in [3.63, 3.8) is 0 Å². The summed E-state index contributed by atoms with van der Waals surface area (Å²) in [7, 11) is 0. The molecular weight excluding hydrogens is 204 g/mol. The molecule has 0 saturated heterocycles. The number of hydrogen-bond acceptors (Lipinski definition) is 3. The molecule has 0 aromatic carbocycles. The van der Waals surface area contributed by atoms with Crippen LogP contribution in [0.1, 0.15) is 27.7 Å². The van der Waals surface area contributed by atoms with Crippen molar-refractivity contribution in [1.29, 1.82) is 0 Å². The molecule has 0 amide bonds. The fourth-order valence-corrected chi connectivity index (χ4v) is 0.927. The van der Waals surface area contributed by atoms with Gasteiger partial charge in [0.15, 0.2) is 0 Å². The molecule has 16 heavy (non-hydrogen) atoms.